The van der Waals surface area contributed by atoms with Crippen LogP contribution in [0.5, 0.6) is 0 Å². The minimum atomic E-state index is 0.264. The quantitative estimate of drug-likeness (QED) is 0.867. The van der Waals surface area contributed by atoms with Crippen molar-refractivity contribution in [1.82, 2.24) is 5.32 Å². The topological polar surface area (TPSA) is 35.8 Å². The molecule has 1 aliphatic rings. The highest BCUT2D eigenvalue weighted by atomic mass is 14.9. The van der Waals surface area contributed by atoms with Crippen molar-refractivity contribution in [3.63, 3.8) is 0 Å². The Morgan fingerprint density at radius 3 is 2.45 bits per heavy atom. The monoisotopic (exact) mass is 270 g/mol. The maximum atomic E-state index is 9.08. The highest BCUT2D eigenvalue weighted by molar-refractivity contribution is 5.14. The summed E-state index contributed by atoms with van der Waals surface area (Å²) in [6.45, 7) is 5.50. The van der Waals surface area contributed by atoms with Crippen LogP contribution in [0.25, 0.3) is 0 Å². The summed E-state index contributed by atoms with van der Waals surface area (Å²) in [6, 6.07) is 13.6. The molecule has 0 amide bonds. The molecule has 0 bridgehead atoms. The van der Waals surface area contributed by atoms with E-state index in [2.05, 4.69) is 55.6 Å². The Bertz CT molecular complexity index is 436. The first kappa shape index (κ1) is 15.1. The van der Waals surface area contributed by atoms with Gasteiger partial charge in [-0.25, -0.2) is 0 Å². The predicted octanol–water partition coefficient (Wildman–Crippen LogP) is 4.27. The molecule has 1 N–H and O–H groups in total. The Hall–Kier alpha value is -1.33. The van der Waals surface area contributed by atoms with Crippen molar-refractivity contribution >= 4 is 0 Å². The van der Waals surface area contributed by atoms with E-state index in [9.17, 15) is 0 Å². The summed E-state index contributed by atoms with van der Waals surface area (Å²) in [4.78, 5) is 0. The van der Waals surface area contributed by atoms with Crippen molar-refractivity contribution in [2.24, 2.45) is 11.3 Å². The van der Waals surface area contributed by atoms with Gasteiger partial charge in [-0.1, -0.05) is 44.2 Å². The normalized spacial score (nSPS) is 26.4. The van der Waals surface area contributed by atoms with Crippen LogP contribution < -0.4 is 5.32 Å². The lowest BCUT2D eigenvalue weighted by Gasteiger charge is -2.42. The Morgan fingerprint density at radius 2 is 1.90 bits per heavy atom. The smallest absolute Gasteiger partial charge is 0.0627 e. The van der Waals surface area contributed by atoms with Gasteiger partial charge in [-0.2, -0.15) is 5.26 Å². The van der Waals surface area contributed by atoms with Crippen molar-refractivity contribution in [1.29, 1.82) is 5.26 Å². The molecular weight excluding hydrogens is 244 g/mol. The Labute approximate surface area is 123 Å². The first-order chi connectivity index (χ1) is 9.66. The summed E-state index contributed by atoms with van der Waals surface area (Å²) >= 11 is 0. The largest absolute Gasteiger partial charge is 0.310 e. The van der Waals surface area contributed by atoms with Crippen molar-refractivity contribution < 1.29 is 0 Å². The van der Waals surface area contributed by atoms with Crippen LogP contribution in [0.4, 0.5) is 0 Å². The summed E-state index contributed by atoms with van der Waals surface area (Å²) < 4.78 is 0. The number of benzene rings is 1. The van der Waals surface area contributed by atoms with Crippen LogP contribution in [-0.2, 0) is 6.54 Å². The fourth-order valence-corrected chi connectivity index (χ4v) is 3.37. The SMILES string of the molecule is CC(C)[C@]1(CC#N)CC[C@@H](NCc2ccccc2)CC1. The lowest BCUT2D eigenvalue weighted by molar-refractivity contribution is 0.105. The minimum Gasteiger partial charge on any atom is -0.310 e. The molecule has 0 heterocycles. The van der Waals surface area contributed by atoms with Gasteiger partial charge >= 0.3 is 0 Å². The van der Waals surface area contributed by atoms with Crippen LogP contribution in [0.3, 0.4) is 0 Å². The zero-order valence-electron chi connectivity index (χ0n) is 12.7. The molecular formula is C18H26N2. The molecule has 0 aliphatic heterocycles. The van der Waals surface area contributed by atoms with Gasteiger partial charge in [0.2, 0.25) is 0 Å². The van der Waals surface area contributed by atoms with Crippen LogP contribution in [0, 0.1) is 22.7 Å². The van der Waals surface area contributed by atoms with E-state index in [4.69, 9.17) is 5.26 Å². The standard InChI is InChI=1S/C18H26N2/c1-15(2)18(12-13-19)10-8-17(9-11-18)20-14-16-6-4-3-5-7-16/h3-7,15,17,20H,8-12,14H2,1-2H3/t17-,18-. The van der Waals surface area contributed by atoms with Gasteiger partial charge in [0.15, 0.2) is 0 Å². The molecule has 0 unspecified atom stereocenters. The first-order valence-corrected chi connectivity index (χ1v) is 7.80. The lowest BCUT2D eigenvalue weighted by Crippen LogP contribution is -2.39. The van der Waals surface area contributed by atoms with Crippen LogP contribution in [0.15, 0.2) is 30.3 Å². The molecule has 0 spiro atoms. The molecule has 1 fully saturated rings. The third-order valence-electron chi connectivity index (χ3n) is 5.07. The molecule has 108 valence electrons. The summed E-state index contributed by atoms with van der Waals surface area (Å²) in [5.74, 6) is 0.609. The van der Waals surface area contributed by atoms with E-state index in [1.54, 1.807) is 0 Å². The van der Waals surface area contributed by atoms with Gasteiger partial charge in [0.25, 0.3) is 0 Å². The zero-order valence-corrected chi connectivity index (χ0v) is 12.7. The number of nitrogens with zero attached hydrogens (tertiary/aromatic N) is 1. The van der Waals surface area contributed by atoms with E-state index in [1.807, 2.05) is 0 Å². The molecule has 1 aromatic carbocycles. The van der Waals surface area contributed by atoms with Gasteiger partial charge in [-0.15, -0.1) is 0 Å². The number of hydrogen-bond donors (Lipinski definition) is 1. The van der Waals surface area contributed by atoms with Crippen molar-refractivity contribution in [3.8, 4) is 6.07 Å². The Kier molecular flexibility index (Phi) is 5.20. The molecule has 2 heteroatoms. The number of hydrogen-bond acceptors (Lipinski definition) is 2. The molecule has 0 aromatic heterocycles. The summed E-state index contributed by atoms with van der Waals surface area (Å²) in [5, 5.41) is 12.8. The average Bonchev–Trinajstić information content (AvgIpc) is 2.48. The second kappa shape index (κ2) is 6.90. The molecule has 0 saturated heterocycles. The van der Waals surface area contributed by atoms with Gasteiger partial charge in [0.1, 0.15) is 0 Å². The van der Waals surface area contributed by atoms with Crippen LogP contribution >= 0.6 is 0 Å². The van der Waals surface area contributed by atoms with Crippen molar-refractivity contribution in [3.05, 3.63) is 35.9 Å². The van der Waals surface area contributed by atoms with Crippen molar-refractivity contribution in [2.75, 3.05) is 0 Å². The van der Waals surface area contributed by atoms with Crippen LogP contribution in [0.1, 0.15) is 51.5 Å². The fraction of sp³-hybridized carbons (Fsp3) is 0.611. The third-order valence-corrected chi connectivity index (χ3v) is 5.07. The number of nitriles is 1. The van der Waals surface area contributed by atoms with Gasteiger partial charge in [0, 0.05) is 19.0 Å². The number of rotatable bonds is 5. The first-order valence-electron chi connectivity index (χ1n) is 7.80. The van der Waals surface area contributed by atoms with Gasteiger partial charge < -0.3 is 5.32 Å². The predicted molar refractivity (Wildman–Crippen MR) is 83.0 cm³/mol. The maximum absolute atomic E-state index is 9.08. The molecule has 1 aromatic rings. The van der Waals surface area contributed by atoms with Gasteiger partial charge in [-0.05, 0) is 42.6 Å². The fourth-order valence-electron chi connectivity index (χ4n) is 3.37. The molecule has 2 nitrogen and oxygen atoms in total. The molecule has 1 aliphatic carbocycles. The van der Waals surface area contributed by atoms with E-state index >= 15 is 0 Å². The van der Waals surface area contributed by atoms with E-state index in [0.717, 1.165) is 13.0 Å². The summed E-state index contributed by atoms with van der Waals surface area (Å²) in [7, 11) is 0. The third kappa shape index (κ3) is 3.61. The molecule has 2 rings (SSSR count). The molecule has 0 atom stereocenters. The highest BCUT2D eigenvalue weighted by Crippen LogP contribution is 2.45. The second-order valence-corrected chi connectivity index (χ2v) is 6.49. The number of nitrogens with one attached hydrogen (secondary N) is 1. The van der Waals surface area contributed by atoms with E-state index in [1.165, 1.54) is 31.2 Å². The average molecular weight is 270 g/mol. The minimum absolute atomic E-state index is 0.264. The molecule has 20 heavy (non-hydrogen) atoms. The zero-order chi connectivity index (χ0) is 14.4. The maximum Gasteiger partial charge on any atom is 0.0627 e. The highest BCUT2D eigenvalue weighted by Gasteiger charge is 2.37. The van der Waals surface area contributed by atoms with Crippen LogP contribution in [-0.4, -0.2) is 6.04 Å². The Balaban J connectivity index is 1.83. The summed E-state index contributed by atoms with van der Waals surface area (Å²) in [5.41, 5.74) is 1.62. The summed E-state index contributed by atoms with van der Waals surface area (Å²) in [6.07, 6.45) is 5.49. The second-order valence-electron chi connectivity index (χ2n) is 6.49. The van der Waals surface area contributed by atoms with Crippen LogP contribution in [0.2, 0.25) is 0 Å². The van der Waals surface area contributed by atoms with E-state index < -0.39 is 0 Å². The van der Waals surface area contributed by atoms with Gasteiger partial charge in [0.05, 0.1) is 6.07 Å². The lowest BCUT2D eigenvalue weighted by atomic mass is 9.64. The van der Waals surface area contributed by atoms with Gasteiger partial charge in [-0.3, -0.25) is 0 Å². The van der Waals surface area contributed by atoms with Crippen molar-refractivity contribution in [2.45, 2.75) is 58.5 Å². The molecule has 1 saturated carbocycles. The van der Waals surface area contributed by atoms with E-state index in [-0.39, 0.29) is 5.41 Å². The Morgan fingerprint density at radius 1 is 1.25 bits per heavy atom. The molecule has 0 radical (unpaired) electrons. The van der Waals surface area contributed by atoms with E-state index in [0.29, 0.717) is 12.0 Å².